The first kappa shape index (κ1) is 22.8. The number of benzene rings is 2. The highest BCUT2D eigenvalue weighted by Gasteiger charge is 2.30. The molecule has 4 rings (SSSR count). The van der Waals surface area contributed by atoms with Gasteiger partial charge in [0.2, 0.25) is 10.0 Å². The molecule has 0 spiro atoms. The van der Waals surface area contributed by atoms with Crippen LogP contribution in [0, 0.1) is 0 Å². The summed E-state index contributed by atoms with van der Waals surface area (Å²) in [6.45, 7) is 1.91. The van der Waals surface area contributed by atoms with E-state index >= 15 is 0 Å². The molecule has 2 aromatic rings. The number of sulfonamides is 1. The van der Waals surface area contributed by atoms with E-state index in [1.807, 2.05) is 7.05 Å². The molecule has 1 amide bonds. The van der Waals surface area contributed by atoms with Crippen LogP contribution in [0.4, 0.5) is 5.69 Å². The van der Waals surface area contributed by atoms with Crippen LogP contribution in [0.5, 0.6) is 5.75 Å². The van der Waals surface area contributed by atoms with Crippen molar-refractivity contribution >= 4 is 39.3 Å². The van der Waals surface area contributed by atoms with Gasteiger partial charge in [-0.1, -0.05) is 11.6 Å². The van der Waals surface area contributed by atoms with E-state index < -0.39 is 10.0 Å². The number of halogens is 1. The molecule has 1 N–H and O–H groups in total. The van der Waals surface area contributed by atoms with Crippen LogP contribution in [-0.2, 0) is 14.8 Å². The van der Waals surface area contributed by atoms with E-state index in [0.717, 1.165) is 31.5 Å². The van der Waals surface area contributed by atoms with Crippen molar-refractivity contribution in [1.29, 1.82) is 0 Å². The summed E-state index contributed by atoms with van der Waals surface area (Å²) in [7, 11) is 0.0812. The third-order valence-corrected chi connectivity index (χ3v) is 8.13. The Bertz CT molecular complexity index is 1140. The number of fused-ring (bicyclic) bond motifs is 1. The number of nitrogens with one attached hydrogen (secondary N) is 1. The summed E-state index contributed by atoms with van der Waals surface area (Å²) >= 11 is 6.02. The molecule has 2 aromatic carbocycles. The lowest BCUT2D eigenvalue weighted by Crippen LogP contribution is -2.44. The summed E-state index contributed by atoms with van der Waals surface area (Å²) in [5.41, 5.74) is 1.71. The molecule has 2 aliphatic rings. The quantitative estimate of drug-likeness (QED) is 0.716. The fraction of sp³-hybridized carbons (Fsp3) is 0.348. The van der Waals surface area contributed by atoms with Gasteiger partial charge in [-0.05, 0) is 81.5 Å². The maximum Gasteiger partial charge on any atom is 0.255 e. The summed E-state index contributed by atoms with van der Waals surface area (Å²) in [6.07, 6.45) is 3.37. The number of amides is 1. The number of nitrogens with zero attached hydrogens (tertiary/aromatic N) is 2. The third kappa shape index (κ3) is 4.83. The van der Waals surface area contributed by atoms with Crippen LogP contribution >= 0.6 is 11.6 Å². The molecule has 170 valence electrons. The number of hydrogen-bond acceptors (Lipinski definition) is 5. The summed E-state index contributed by atoms with van der Waals surface area (Å²) in [4.78, 5) is 15.1. The van der Waals surface area contributed by atoms with Crippen LogP contribution in [-0.4, -0.2) is 63.4 Å². The van der Waals surface area contributed by atoms with E-state index in [1.165, 1.54) is 16.4 Å². The Labute approximate surface area is 193 Å². The second-order valence-corrected chi connectivity index (χ2v) is 10.6. The van der Waals surface area contributed by atoms with Crippen LogP contribution in [0.15, 0.2) is 52.9 Å². The Balaban J connectivity index is 1.44. The Morgan fingerprint density at radius 3 is 2.53 bits per heavy atom. The fourth-order valence-electron chi connectivity index (χ4n) is 3.92. The average molecular weight is 476 g/mol. The van der Waals surface area contributed by atoms with Gasteiger partial charge in [-0.25, -0.2) is 8.42 Å². The Morgan fingerprint density at radius 2 is 1.84 bits per heavy atom. The second kappa shape index (κ2) is 9.23. The number of anilines is 1. The molecule has 9 heteroatoms. The normalized spacial score (nSPS) is 17.4. The van der Waals surface area contributed by atoms with Gasteiger partial charge < -0.3 is 15.0 Å². The van der Waals surface area contributed by atoms with E-state index in [-0.39, 0.29) is 23.5 Å². The molecule has 2 heterocycles. The Kier molecular flexibility index (Phi) is 6.57. The number of rotatable bonds is 5. The highest BCUT2D eigenvalue weighted by Crippen LogP contribution is 2.29. The zero-order valence-corrected chi connectivity index (χ0v) is 19.6. The number of piperidine rings is 1. The molecule has 0 radical (unpaired) electrons. The summed E-state index contributed by atoms with van der Waals surface area (Å²) < 4.78 is 33.2. The van der Waals surface area contributed by atoms with Crippen LogP contribution in [0.1, 0.15) is 18.4 Å². The topological polar surface area (TPSA) is 79.0 Å². The molecule has 0 bridgehead atoms. The second-order valence-electron chi connectivity index (χ2n) is 8.17. The van der Waals surface area contributed by atoms with Gasteiger partial charge >= 0.3 is 0 Å². The van der Waals surface area contributed by atoms with Crippen molar-refractivity contribution in [2.45, 2.75) is 23.8 Å². The zero-order chi connectivity index (χ0) is 22.9. The van der Waals surface area contributed by atoms with Gasteiger partial charge in [0.25, 0.3) is 5.91 Å². The number of carbonyl (C=O) groups is 1. The van der Waals surface area contributed by atoms with Gasteiger partial charge in [0, 0.05) is 29.4 Å². The van der Waals surface area contributed by atoms with Crippen molar-refractivity contribution in [2.75, 3.05) is 39.1 Å². The monoisotopic (exact) mass is 475 g/mol. The van der Waals surface area contributed by atoms with Crippen molar-refractivity contribution in [3.8, 4) is 5.75 Å². The number of hydrogen-bond donors (Lipinski definition) is 1. The van der Waals surface area contributed by atoms with Crippen LogP contribution in [0.25, 0.3) is 6.08 Å². The number of carbonyl (C=O) groups excluding carboxylic acids is 1. The lowest BCUT2D eigenvalue weighted by Gasteiger charge is -2.34. The highest BCUT2D eigenvalue weighted by atomic mass is 35.5. The smallest absolute Gasteiger partial charge is 0.255 e. The van der Waals surface area contributed by atoms with Crippen LogP contribution in [0.3, 0.4) is 0 Å². The van der Waals surface area contributed by atoms with Crippen molar-refractivity contribution in [3.05, 3.63) is 58.6 Å². The first-order valence-corrected chi connectivity index (χ1v) is 12.3. The molecule has 0 saturated carbocycles. The van der Waals surface area contributed by atoms with Crippen molar-refractivity contribution in [2.24, 2.45) is 0 Å². The van der Waals surface area contributed by atoms with Gasteiger partial charge in [0.1, 0.15) is 12.4 Å². The maximum absolute atomic E-state index is 13.0. The van der Waals surface area contributed by atoms with Gasteiger partial charge in [0.05, 0.1) is 10.5 Å². The first-order chi connectivity index (χ1) is 15.2. The average Bonchev–Trinajstić information content (AvgIpc) is 2.79. The standard InChI is InChI=1S/C23H26ClN3O4S/c1-26-11-9-20(10-12-26)27(2)32(29,30)21-6-4-19(5-7-21)25-23(28)17-13-16-14-18(24)3-8-22(16)31-15-17/h3-8,13-14,20H,9-12,15H2,1-2H3,(H,25,28). The van der Waals surface area contributed by atoms with E-state index in [2.05, 4.69) is 10.2 Å². The van der Waals surface area contributed by atoms with E-state index in [0.29, 0.717) is 22.0 Å². The Morgan fingerprint density at radius 1 is 1.16 bits per heavy atom. The predicted octanol–water partition coefficient (Wildman–Crippen LogP) is 3.47. The van der Waals surface area contributed by atoms with Crippen LogP contribution in [0.2, 0.25) is 5.02 Å². The lowest BCUT2D eigenvalue weighted by molar-refractivity contribution is -0.113. The summed E-state index contributed by atoms with van der Waals surface area (Å²) in [6, 6.07) is 11.5. The molecule has 0 aliphatic carbocycles. The molecule has 1 saturated heterocycles. The minimum Gasteiger partial charge on any atom is -0.488 e. The van der Waals surface area contributed by atoms with Crippen molar-refractivity contribution in [1.82, 2.24) is 9.21 Å². The molecule has 32 heavy (non-hydrogen) atoms. The third-order valence-electron chi connectivity index (χ3n) is 5.97. The lowest BCUT2D eigenvalue weighted by atomic mass is 10.1. The molecule has 7 nitrogen and oxygen atoms in total. The molecule has 0 atom stereocenters. The van der Waals surface area contributed by atoms with Crippen molar-refractivity contribution < 1.29 is 17.9 Å². The highest BCUT2D eigenvalue weighted by molar-refractivity contribution is 7.89. The SMILES string of the molecule is CN1CCC(N(C)S(=O)(=O)c2ccc(NC(=O)C3=Cc4cc(Cl)ccc4OC3)cc2)CC1. The molecule has 0 aromatic heterocycles. The summed E-state index contributed by atoms with van der Waals surface area (Å²) in [5, 5.41) is 3.36. The van der Waals surface area contributed by atoms with Gasteiger partial charge in [-0.15, -0.1) is 0 Å². The van der Waals surface area contributed by atoms with E-state index in [1.54, 1.807) is 43.5 Å². The fourth-order valence-corrected chi connectivity index (χ4v) is 5.52. The first-order valence-electron chi connectivity index (χ1n) is 10.4. The maximum atomic E-state index is 13.0. The van der Waals surface area contributed by atoms with Crippen molar-refractivity contribution in [3.63, 3.8) is 0 Å². The predicted molar refractivity (Wildman–Crippen MR) is 125 cm³/mol. The molecule has 0 unspecified atom stereocenters. The number of likely N-dealkylation sites (tertiary alicyclic amines) is 1. The molecular weight excluding hydrogens is 450 g/mol. The minimum absolute atomic E-state index is 0.00907. The van der Waals surface area contributed by atoms with Gasteiger partial charge in [0.15, 0.2) is 0 Å². The van der Waals surface area contributed by atoms with E-state index in [4.69, 9.17) is 16.3 Å². The zero-order valence-electron chi connectivity index (χ0n) is 18.0. The van der Waals surface area contributed by atoms with Gasteiger partial charge in [-0.3, -0.25) is 4.79 Å². The Hall–Kier alpha value is -2.39. The summed E-state index contributed by atoms with van der Waals surface area (Å²) in [5.74, 6) is 0.365. The largest absolute Gasteiger partial charge is 0.488 e. The minimum atomic E-state index is -3.60. The number of ether oxygens (including phenoxy) is 1. The molecule has 2 aliphatic heterocycles. The molecular formula is C23H26ClN3O4S. The van der Waals surface area contributed by atoms with E-state index in [9.17, 15) is 13.2 Å². The van der Waals surface area contributed by atoms with Gasteiger partial charge in [-0.2, -0.15) is 4.31 Å². The van der Waals surface area contributed by atoms with Crippen LogP contribution < -0.4 is 10.1 Å². The molecule has 1 fully saturated rings.